The van der Waals surface area contributed by atoms with Crippen molar-refractivity contribution >= 4 is 29.9 Å². The number of carbonyl (C=O) groups is 1. The van der Waals surface area contributed by atoms with E-state index in [-0.39, 0.29) is 24.4 Å². The zero-order valence-corrected chi connectivity index (χ0v) is 15.0. The van der Waals surface area contributed by atoms with Gasteiger partial charge in [0, 0.05) is 31.4 Å². The number of aromatic nitrogens is 2. The van der Waals surface area contributed by atoms with E-state index in [0.717, 1.165) is 12.1 Å². The lowest BCUT2D eigenvalue weighted by molar-refractivity contribution is 0.0951. The average Bonchev–Trinajstić information content (AvgIpc) is 2.87. The molecule has 1 atom stereocenters. The molecule has 0 aliphatic carbocycles. The lowest BCUT2D eigenvalue weighted by atomic mass is 10.1. The molecule has 7 heteroatoms. The fourth-order valence-electron chi connectivity index (χ4n) is 2.27. The Morgan fingerprint density at radius 1 is 1.39 bits per heavy atom. The molecule has 126 valence electrons. The third-order valence-electron chi connectivity index (χ3n) is 3.32. The smallest absolute Gasteiger partial charge is 0.255 e. The second kappa shape index (κ2) is 8.91. The van der Waals surface area contributed by atoms with E-state index in [4.69, 9.17) is 11.6 Å². The molecule has 2 aromatic rings. The van der Waals surface area contributed by atoms with E-state index in [1.54, 1.807) is 24.0 Å². The van der Waals surface area contributed by atoms with E-state index in [1.807, 2.05) is 32.0 Å². The van der Waals surface area contributed by atoms with Gasteiger partial charge in [-0.15, -0.1) is 12.4 Å². The maximum absolute atomic E-state index is 12.4. The van der Waals surface area contributed by atoms with Gasteiger partial charge in [-0.25, -0.2) is 0 Å². The minimum atomic E-state index is -0.146. The van der Waals surface area contributed by atoms with Crippen LogP contribution in [-0.2, 0) is 7.05 Å². The lowest BCUT2D eigenvalue weighted by Crippen LogP contribution is -2.38. The monoisotopic (exact) mass is 356 g/mol. The molecule has 0 radical (unpaired) electrons. The third-order valence-corrected chi connectivity index (χ3v) is 3.65. The largest absolute Gasteiger partial charge is 0.350 e. The maximum Gasteiger partial charge on any atom is 0.255 e. The van der Waals surface area contributed by atoms with Gasteiger partial charge in [0.2, 0.25) is 0 Å². The minimum Gasteiger partial charge on any atom is -0.350 e. The zero-order chi connectivity index (χ0) is 16.1. The Hall–Kier alpha value is -1.56. The van der Waals surface area contributed by atoms with Crippen LogP contribution in [0.2, 0.25) is 5.02 Å². The van der Waals surface area contributed by atoms with Crippen LogP contribution in [0, 0.1) is 0 Å². The fraction of sp³-hybridized carbons (Fsp3) is 0.375. The van der Waals surface area contributed by atoms with E-state index in [9.17, 15) is 4.79 Å². The predicted molar refractivity (Wildman–Crippen MR) is 96.4 cm³/mol. The second-order valence-electron chi connectivity index (χ2n) is 5.21. The van der Waals surface area contributed by atoms with Gasteiger partial charge in [-0.2, -0.15) is 5.10 Å². The number of aryl methyl sites for hydroxylation is 1. The Kier molecular flexibility index (Phi) is 7.55. The Balaban J connectivity index is 0.00000264. The van der Waals surface area contributed by atoms with Crippen LogP contribution in [0.25, 0.3) is 11.3 Å². The van der Waals surface area contributed by atoms with Crippen LogP contribution in [0.4, 0.5) is 0 Å². The molecule has 1 heterocycles. The average molecular weight is 357 g/mol. The highest BCUT2D eigenvalue weighted by atomic mass is 35.5. The highest BCUT2D eigenvalue weighted by Crippen LogP contribution is 2.28. The standard InChI is InChI=1S/C16H21ClN4O.ClH/c1-4-18-11(2)9-19-16(22)13-10-21(3)20-15(13)12-7-5-6-8-14(12)17;/h5-8,10-11,18H,4,9H2,1-3H3,(H,19,22);1H/t11-;/m1./s1. The van der Waals surface area contributed by atoms with Crippen molar-refractivity contribution in [1.29, 1.82) is 0 Å². The molecule has 0 spiro atoms. The van der Waals surface area contributed by atoms with Gasteiger partial charge in [0.15, 0.2) is 0 Å². The normalized spacial score (nSPS) is 11.7. The first-order valence-corrected chi connectivity index (χ1v) is 7.70. The number of hydrogen-bond acceptors (Lipinski definition) is 3. The van der Waals surface area contributed by atoms with Crippen LogP contribution in [0.5, 0.6) is 0 Å². The highest BCUT2D eigenvalue weighted by molar-refractivity contribution is 6.33. The van der Waals surface area contributed by atoms with Crippen molar-refractivity contribution in [3.63, 3.8) is 0 Å². The van der Waals surface area contributed by atoms with Crippen LogP contribution >= 0.6 is 24.0 Å². The van der Waals surface area contributed by atoms with Crippen molar-refractivity contribution in [3.8, 4) is 11.3 Å². The summed E-state index contributed by atoms with van der Waals surface area (Å²) in [5, 5.41) is 11.1. The van der Waals surface area contributed by atoms with Gasteiger partial charge >= 0.3 is 0 Å². The number of nitrogens with zero attached hydrogens (tertiary/aromatic N) is 2. The van der Waals surface area contributed by atoms with E-state index >= 15 is 0 Å². The molecule has 0 saturated carbocycles. The summed E-state index contributed by atoms with van der Waals surface area (Å²) in [5.74, 6) is -0.146. The highest BCUT2D eigenvalue weighted by Gasteiger charge is 2.19. The summed E-state index contributed by atoms with van der Waals surface area (Å²) in [6.45, 7) is 5.50. The molecule has 2 rings (SSSR count). The Bertz CT molecular complexity index is 657. The molecule has 0 aliphatic heterocycles. The van der Waals surface area contributed by atoms with Crippen molar-refractivity contribution in [2.45, 2.75) is 19.9 Å². The fourth-order valence-corrected chi connectivity index (χ4v) is 2.49. The summed E-state index contributed by atoms with van der Waals surface area (Å²) in [4.78, 5) is 12.4. The number of carbonyl (C=O) groups excluding carboxylic acids is 1. The first-order valence-electron chi connectivity index (χ1n) is 7.33. The number of rotatable bonds is 6. The van der Waals surface area contributed by atoms with Crippen molar-refractivity contribution in [1.82, 2.24) is 20.4 Å². The summed E-state index contributed by atoms with van der Waals surface area (Å²) >= 11 is 6.22. The van der Waals surface area contributed by atoms with E-state index in [2.05, 4.69) is 15.7 Å². The van der Waals surface area contributed by atoms with Crippen molar-refractivity contribution in [2.75, 3.05) is 13.1 Å². The number of hydrogen-bond donors (Lipinski definition) is 2. The van der Waals surface area contributed by atoms with E-state index < -0.39 is 0 Å². The summed E-state index contributed by atoms with van der Waals surface area (Å²) in [5.41, 5.74) is 1.88. The summed E-state index contributed by atoms with van der Waals surface area (Å²) < 4.78 is 1.63. The van der Waals surface area contributed by atoms with Gasteiger partial charge in [0.05, 0.1) is 10.6 Å². The SMILES string of the molecule is CCN[C@H](C)CNC(=O)c1cn(C)nc1-c1ccccc1Cl.Cl. The molecule has 0 unspecified atom stereocenters. The molecule has 1 amide bonds. The Morgan fingerprint density at radius 2 is 2.09 bits per heavy atom. The second-order valence-corrected chi connectivity index (χ2v) is 5.62. The number of amides is 1. The summed E-state index contributed by atoms with van der Waals surface area (Å²) in [7, 11) is 1.79. The van der Waals surface area contributed by atoms with Crippen LogP contribution in [0.1, 0.15) is 24.2 Å². The quantitative estimate of drug-likeness (QED) is 0.836. The van der Waals surface area contributed by atoms with Gasteiger partial charge in [0.1, 0.15) is 5.69 Å². The number of likely N-dealkylation sites (N-methyl/N-ethyl adjacent to an activating group) is 1. The van der Waals surface area contributed by atoms with Crippen molar-refractivity contribution < 1.29 is 4.79 Å². The molecule has 1 aromatic carbocycles. The summed E-state index contributed by atoms with van der Waals surface area (Å²) in [6, 6.07) is 7.61. The molecular weight excluding hydrogens is 335 g/mol. The van der Waals surface area contributed by atoms with Gasteiger partial charge in [-0.1, -0.05) is 36.7 Å². The first kappa shape index (κ1) is 19.5. The number of halogens is 2. The Morgan fingerprint density at radius 3 is 2.74 bits per heavy atom. The maximum atomic E-state index is 12.4. The molecule has 23 heavy (non-hydrogen) atoms. The van der Waals surface area contributed by atoms with Crippen molar-refractivity contribution in [3.05, 3.63) is 41.0 Å². The molecule has 0 saturated heterocycles. The topological polar surface area (TPSA) is 58.9 Å². The minimum absolute atomic E-state index is 0. The van der Waals surface area contributed by atoms with Crippen LogP contribution < -0.4 is 10.6 Å². The Labute approximate surface area is 147 Å². The van der Waals surface area contributed by atoms with Gasteiger partial charge in [-0.3, -0.25) is 9.48 Å². The van der Waals surface area contributed by atoms with Gasteiger partial charge in [-0.05, 0) is 19.5 Å². The zero-order valence-electron chi connectivity index (χ0n) is 13.5. The molecule has 5 nitrogen and oxygen atoms in total. The van der Waals surface area contributed by atoms with E-state index in [1.165, 1.54) is 0 Å². The van der Waals surface area contributed by atoms with Gasteiger partial charge < -0.3 is 10.6 Å². The van der Waals surface area contributed by atoms with E-state index in [0.29, 0.717) is 22.8 Å². The molecule has 0 fully saturated rings. The lowest BCUT2D eigenvalue weighted by Gasteiger charge is -2.13. The molecule has 1 aromatic heterocycles. The van der Waals surface area contributed by atoms with Crippen molar-refractivity contribution in [2.24, 2.45) is 7.05 Å². The van der Waals surface area contributed by atoms with Crippen LogP contribution in [0.3, 0.4) is 0 Å². The summed E-state index contributed by atoms with van der Waals surface area (Å²) in [6.07, 6.45) is 1.71. The van der Waals surface area contributed by atoms with Crippen LogP contribution in [-0.4, -0.2) is 34.8 Å². The molecule has 2 N–H and O–H groups in total. The number of nitrogens with one attached hydrogen (secondary N) is 2. The molecule has 0 aliphatic rings. The van der Waals surface area contributed by atoms with Gasteiger partial charge in [0.25, 0.3) is 5.91 Å². The molecular formula is C16H22Cl2N4O. The predicted octanol–water partition coefficient (Wildman–Crippen LogP) is 2.89. The number of benzene rings is 1. The molecule has 0 bridgehead atoms. The first-order chi connectivity index (χ1) is 10.5. The third kappa shape index (κ3) is 4.96. The van der Waals surface area contributed by atoms with Crippen LogP contribution in [0.15, 0.2) is 30.5 Å².